The molecule has 0 aliphatic carbocycles. The highest BCUT2D eigenvalue weighted by molar-refractivity contribution is 7.92. The van der Waals surface area contributed by atoms with Crippen LogP contribution >= 0.6 is 11.6 Å². The predicted molar refractivity (Wildman–Crippen MR) is 105 cm³/mol. The molecule has 0 saturated heterocycles. The third kappa shape index (κ3) is 4.63. The molecule has 0 fully saturated rings. The molecule has 2 aromatic rings. The Morgan fingerprint density at radius 2 is 1.73 bits per heavy atom. The molecule has 0 heterocycles. The van der Waals surface area contributed by atoms with Crippen LogP contribution in [0, 0.1) is 0 Å². The number of amides is 1. The molecule has 1 amide bonds. The van der Waals surface area contributed by atoms with Crippen molar-refractivity contribution in [2.45, 2.75) is 23.6 Å². The predicted octanol–water partition coefficient (Wildman–Crippen LogP) is 3.43. The van der Waals surface area contributed by atoms with Crippen LogP contribution in [0.2, 0.25) is 5.02 Å². The van der Waals surface area contributed by atoms with E-state index in [2.05, 4.69) is 0 Å². The number of aliphatic hydroxyl groups is 1. The van der Waals surface area contributed by atoms with E-state index in [4.69, 9.17) is 16.3 Å². The number of ether oxygens (including phenoxy) is 1. The van der Waals surface area contributed by atoms with Gasteiger partial charge in [-0.2, -0.15) is 13.2 Å². The summed E-state index contributed by atoms with van der Waals surface area (Å²) in [5.41, 5.74) is -3.63. The van der Waals surface area contributed by atoms with Crippen LogP contribution in [-0.4, -0.2) is 45.4 Å². The highest BCUT2D eigenvalue weighted by atomic mass is 35.5. The highest BCUT2D eigenvalue weighted by Gasteiger charge is 2.55. The van der Waals surface area contributed by atoms with Crippen LogP contribution in [0.3, 0.4) is 0 Å². The number of nitrogens with zero attached hydrogens (tertiary/aromatic N) is 1. The van der Waals surface area contributed by atoms with Gasteiger partial charge in [0.2, 0.25) is 5.60 Å². The second-order valence-corrected chi connectivity index (χ2v) is 8.71. The van der Waals surface area contributed by atoms with Crippen molar-refractivity contribution in [3.63, 3.8) is 0 Å². The number of nitrogens with one attached hydrogen (secondary N) is 1. The molecule has 2 N–H and O–H groups in total. The molecule has 30 heavy (non-hydrogen) atoms. The Morgan fingerprint density at radius 3 is 2.20 bits per heavy atom. The van der Waals surface area contributed by atoms with Crippen LogP contribution in [0.5, 0.6) is 5.75 Å². The fourth-order valence-corrected chi connectivity index (χ4v) is 3.73. The van der Waals surface area contributed by atoms with E-state index < -0.39 is 27.7 Å². The van der Waals surface area contributed by atoms with Crippen LogP contribution in [0.4, 0.5) is 24.5 Å². The van der Waals surface area contributed by atoms with E-state index in [0.29, 0.717) is 18.4 Å². The van der Waals surface area contributed by atoms with Crippen molar-refractivity contribution in [1.82, 2.24) is 0 Å². The van der Waals surface area contributed by atoms with Crippen molar-refractivity contribution >= 4 is 38.9 Å². The Balaban J connectivity index is 2.29. The molecule has 0 aliphatic rings. The van der Waals surface area contributed by atoms with Gasteiger partial charge in [0.05, 0.1) is 28.4 Å². The lowest BCUT2D eigenvalue weighted by molar-refractivity contribution is -0.242. The van der Waals surface area contributed by atoms with Gasteiger partial charge in [-0.25, -0.2) is 8.42 Å². The summed E-state index contributed by atoms with van der Waals surface area (Å²) in [6.07, 6.45) is -5.21. The molecular weight excluding hydrogens is 449 g/mol. The van der Waals surface area contributed by atoms with Crippen molar-refractivity contribution < 1.29 is 36.2 Å². The summed E-state index contributed by atoms with van der Waals surface area (Å²) < 4.78 is 69.9. The van der Waals surface area contributed by atoms with E-state index in [1.54, 1.807) is 12.1 Å². The van der Waals surface area contributed by atoms with Crippen LogP contribution in [-0.2, 0) is 14.8 Å². The fraction of sp³-hybridized carbons (Fsp3) is 0.278. The Kier molecular flexibility index (Phi) is 6.60. The van der Waals surface area contributed by atoms with Gasteiger partial charge >= 0.3 is 6.18 Å². The Hall–Kier alpha value is -2.50. The minimum absolute atomic E-state index is 0.258. The summed E-state index contributed by atoms with van der Waals surface area (Å²) in [6.45, 7) is 0.291. The number of alkyl halides is 3. The van der Waals surface area contributed by atoms with Crippen LogP contribution in [0.25, 0.3) is 0 Å². The van der Waals surface area contributed by atoms with Crippen LogP contribution in [0.15, 0.2) is 47.4 Å². The molecule has 164 valence electrons. The highest BCUT2D eigenvalue weighted by Crippen LogP contribution is 2.33. The molecule has 0 aromatic heterocycles. The second-order valence-electron chi connectivity index (χ2n) is 6.34. The number of carbonyl (C=O) groups is 1. The molecule has 0 aliphatic heterocycles. The van der Waals surface area contributed by atoms with Gasteiger partial charge in [0, 0.05) is 7.05 Å². The molecule has 0 bridgehead atoms. The standard InChI is InChI=1S/C18H18ClF3N2O5S/c1-17(26,18(20,21)22)16(25)23-15-9-8-13(10-14(15)19)30(27,28)24(2)11-4-6-12(29-3)7-5-11/h4-10,26H,1-3H3,(H,23,25)/t17-/m1/s1. The van der Waals surface area contributed by atoms with Crippen molar-refractivity contribution in [3.05, 3.63) is 47.5 Å². The number of hydrogen-bond acceptors (Lipinski definition) is 5. The molecule has 1 atom stereocenters. The molecule has 7 nitrogen and oxygen atoms in total. The summed E-state index contributed by atoms with van der Waals surface area (Å²) in [5, 5.41) is 10.9. The van der Waals surface area contributed by atoms with E-state index in [1.807, 2.05) is 5.32 Å². The first-order valence-electron chi connectivity index (χ1n) is 8.25. The topological polar surface area (TPSA) is 95.9 Å². The SMILES string of the molecule is COc1ccc(N(C)S(=O)(=O)c2ccc(NC(=O)[C@@](C)(O)C(F)(F)F)c(Cl)c2)cc1. The van der Waals surface area contributed by atoms with E-state index >= 15 is 0 Å². The number of anilines is 2. The average Bonchev–Trinajstić information content (AvgIpc) is 2.67. The normalized spacial score (nSPS) is 14.0. The molecule has 0 unspecified atom stereocenters. The number of hydrogen-bond donors (Lipinski definition) is 2. The monoisotopic (exact) mass is 466 g/mol. The van der Waals surface area contributed by atoms with E-state index in [9.17, 15) is 31.5 Å². The first-order valence-corrected chi connectivity index (χ1v) is 10.1. The third-order valence-corrected chi connectivity index (χ3v) is 6.37. The smallest absolute Gasteiger partial charge is 0.426 e. The van der Waals surface area contributed by atoms with Gasteiger partial charge in [0.25, 0.3) is 15.9 Å². The molecular formula is C18H18ClF3N2O5S. The molecule has 2 rings (SSSR count). The molecule has 0 saturated carbocycles. The van der Waals surface area contributed by atoms with Crippen LogP contribution < -0.4 is 14.4 Å². The van der Waals surface area contributed by atoms with Crippen molar-refractivity contribution in [1.29, 1.82) is 0 Å². The zero-order valence-corrected chi connectivity index (χ0v) is 17.6. The maximum Gasteiger partial charge on any atom is 0.426 e. The first-order chi connectivity index (χ1) is 13.7. The minimum atomic E-state index is -5.21. The minimum Gasteiger partial charge on any atom is -0.497 e. The third-order valence-electron chi connectivity index (χ3n) is 4.28. The zero-order chi connectivity index (χ0) is 22.9. The van der Waals surface area contributed by atoms with E-state index in [-0.39, 0.29) is 15.6 Å². The van der Waals surface area contributed by atoms with Gasteiger partial charge in [-0.3, -0.25) is 9.10 Å². The largest absolute Gasteiger partial charge is 0.497 e. The lowest BCUT2D eigenvalue weighted by Crippen LogP contribution is -2.52. The summed E-state index contributed by atoms with van der Waals surface area (Å²) in [6, 6.07) is 9.26. The number of halogens is 4. The number of methoxy groups -OCH3 is 1. The van der Waals surface area contributed by atoms with Gasteiger partial charge in [-0.15, -0.1) is 0 Å². The van der Waals surface area contributed by atoms with Gasteiger partial charge in [0.1, 0.15) is 5.75 Å². The molecule has 12 heteroatoms. The second kappa shape index (κ2) is 8.32. The Morgan fingerprint density at radius 1 is 1.17 bits per heavy atom. The van der Waals surface area contributed by atoms with Gasteiger partial charge in [-0.05, 0) is 49.4 Å². The first kappa shape index (κ1) is 23.8. The lowest BCUT2D eigenvalue weighted by atomic mass is 10.1. The summed E-state index contributed by atoms with van der Waals surface area (Å²) in [7, 11) is -1.29. The quantitative estimate of drug-likeness (QED) is 0.680. The molecule has 2 aromatic carbocycles. The van der Waals surface area contributed by atoms with Gasteiger partial charge in [-0.1, -0.05) is 11.6 Å². The maximum absolute atomic E-state index is 12.8. The van der Waals surface area contributed by atoms with E-state index in [0.717, 1.165) is 22.5 Å². The average molecular weight is 467 g/mol. The van der Waals surface area contributed by atoms with Crippen LogP contribution in [0.1, 0.15) is 6.92 Å². The zero-order valence-electron chi connectivity index (χ0n) is 16.0. The number of carbonyl (C=O) groups excluding carboxylic acids is 1. The fourth-order valence-electron chi connectivity index (χ4n) is 2.22. The summed E-state index contributed by atoms with van der Waals surface area (Å²) >= 11 is 5.96. The van der Waals surface area contributed by atoms with Crippen molar-refractivity contribution in [3.8, 4) is 5.75 Å². The Bertz CT molecular complexity index is 1040. The summed E-state index contributed by atoms with van der Waals surface area (Å²) in [5.74, 6) is -1.23. The molecule has 0 spiro atoms. The maximum atomic E-state index is 12.8. The van der Waals surface area contributed by atoms with Crippen molar-refractivity contribution in [2.24, 2.45) is 0 Å². The number of rotatable bonds is 6. The molecule has 0 radical (unpaired) electrons. The number of benzene rings is 2. The van der Waals surface area contributed by atoms with Gasteiger partial charge < -0.3 is 15.2 Å². The van der Waals surface area contributed by atoms with Gasteiger partial charge in [0.15, 0.2) is 0 Å². The van der Waals surface area contributed by atoms with Crippen molar-refractivity contribution in [2.75, 3.05) is 23.8 Å². The summed E-state index contributed by atoms with van der Waals surface area (Å²) in [4.78, 5) is 11.5. The number of sulfonamides is 1. The Labute approximate surface area is 176 Å². The lowest BCUT2D eigenvalue weighted by Gasteiger charge is -2.25. The van der Waals surface area contributed by atoms with E-state index in [1.165, 1.54) is 26.3 Å².